The molecule has 0 spiro atoms. The highest BCUT2D eigenvalue weighted by atomic mass is 31.2. The standard InChI is InChI=1S/C22H21N6O9P/c1-12(20(29)30)27-38(32,37-13-5-3-2-4-6-13)33-10-22(9-23)18-17(34-21(31)35-18)16(36-22)14-7-8-15-19(24)25-11-26-28(14)15/h2-8,11-12,16-18H,10H2,1H3,(H,27,32)(H,29,30)(H2,24,25,26)/t12?,16-,17-,18-,22+,38-/m0/s1. The van der Waals surface area contributed by atoms with Crippen LogP contribution in [0.2, 0.25) is 0 Å². The second-order valence-electron chi connectivity index (χ2n) is 8.48. The van der Waals surface area contributed by atoms with Gasteiger partial charge in [0.25, 0.3) is 0 Å². The maximum absolute atomic E-state index is 13.6. The molecular formula is C22H21N6O9P. The van der Waals surface area contributed by atoms with Crippen molar-refractivity contribution in [2.24, 2.45) is 0 Å². The van der Waals surface area contributed by atoms with Gasteiger partial charge < -0.3 is 29.6 Å². The van der Waals surface area contributed by atoms with Crippen molar-refractivity contribution in [1.82, 2.24) is 19.7 Å². The van der Waals surface area contributed by atoms with E-state index in [0.29, 0.717) is 11.2 Å². The largest absolute Gasteiger partial charge is 0.509 e. The van der Waals surface area contributed by atoms with E-state index in [1.54, 1.807) is 30.3 Å². The molecule has 6 atom stereocenters. The minimum Gasteiger partial charge on any atom is -0.480 e. The molecule has 16 heteroatoms. The molecule has 5 rings (SSSR count). The van der Waals surface area contributed by atoms with E-state index in [4.69, 9.17) is 29.0 Å². The summed E-state index contributed by atoms with van der Waals surface area (Å²) in [4.78, 5) is 27.5. The zero-order chi connectivity index (χ0) is 27.1. The van der Waals surface area contributed by atoms with Crippen molar-refractivity contribution in [2.45, 2.75) is 36.9 Å². The Kier molecular flexibility index (Phi) is 6.41. The molecule has 4 heterocycles. The number of nitriles is 1. The number of carbonyl (C=O) groups excluding carboxylic acids is 1. The number of fused-ring (bicyclic) bond motifs is 2. The molecule has 2 saturated heterocycles. The Bertz CT molecular complexity index is 1480. The molecule has 3 aromatic rings. The number of nitrogens with one attached hydrogen (secondary N) is 1. The van der Waals surface area contributed by atoms with Gasteiger partial charge in [-0.1, -0.05) is 18.2 Å². The van der Waals surface area contributed by atoms with Gasteiger partial charge in [0, 0.05) is 0 Å². The molecule has 1 aromatic carbocycles. The second-order valence-corrected chi connectivity index (χ2v) is 10.2. The first-order valence-electron chi connectivity index (χ1n) is 11.2. The van der Waals surface area contributed by atoms with Gasteiger partial charge in [-0.05, 0) is 31.2 Å². The molecule has 2 aromatic heterocycles. The van der Waals surface area contributed by atoms with Crippen molar-refractivity contribution in [3.8, 4) is 11.8 Å². The summed E-state index contributed by atoms with van der Waals surface area (Å²) in [6.07, 6.45) is -3.27. The maximum atomic E-state index is 13.6. The van der Waals surface area contributed by atoms with Crippen molar-refractivity contribution < 1.29 is 42.5 Å². The molecule has 2 aliphatic rings. The summed E-state index contributed by atoms with van der Waals surface area (Å²) >= 11 is 0. The Balaban J connectivity index is 1.46. The molecule has 4 N–H and O–H groups in total. The lowest BCUT2D eigenvalue weighted by Crippen LogP contribution is -2.46. The zero-order valence-electron chi connectivity index (χ0n) is 19.7. The number of carboxylic acids is 1. The smallest absolute Gasteiger partial charge is 0.480 e. The third-order valence-electron chi connectivity index (χ3n) is 5.98. The van der Waals surface area contributed by atoms with Gasteiger partial charge in [-0.3, -0.25) is 9.32 Å². The SMILES string of the molecule is CC(N[P@](=O)(OC[C@@]1(C#N)O[C@@H](c2ccc3c(N)ncnn23)[C@@H]2OC(=O)O[C@@H]21)Oc1ccccc1)C(=O)O. The van der Waals surface area contributed by atoms with Crippen LogP contribution in [0, 0.1) is 11.3 Å². The number of hydrogen-bond donors (Lipinski definition) is 3. The molecule has 2 aliphatic heterocycles. The minimum absolute atomic E-state index is 0.113. The van der Waals surface area contributed by atoms with Gasteiger partial charge in [0.1, 0.15) is 42.4 Å². The van der Waals surface area contributed by atoms with Crippen molar-refractivity contribution in [1.29, 1.82) is 5.26 Å². The van der Waals surface area contributed by atoms with E-state index in [-0.39, 0.29) is 11.6 Å². The Hall–Kier alpha value is -4.22. The first-order valence-corrected chi connectivity index (χ1v) is 12.7. The van der Waals surface area contributed by atoms with Crippen molar-refractivity contribution >= 4 is 31.2 Å². The molecule has 0 bridgehead atoms. The predicted octanol–water partition coefficient (Wildman–Crippen LogP) is 1.82. The third kappa shape index (κ3) is 4.50. The lowest BCUT2D eigenvalue weighted by atomic mass is 9.96. The predicted molar refractivity (Wildman–Crippen MR) is 126 cm³/mol. The number of benzene rings is 1. The molecule has 0 amide bonds. The van der Waals surface area contributed by atoms with Crippen LogP contribution in [-0.2, 0) is 28.1 Å². The third-order valence-corrected chi connectivity index (χ3v) is 7.60. The number of nitrogen functional groups attached to an aromatic ring is 1. The Morgan fingerprint density at radius 3 is 2.82 bits per heavy atom. The average molecular weight is 544 g/mol. The number of aromatic nitrogens is 3. The molecule has 0 radical (unpaired) electrons. The number of rotatable bonds is 9. The number of para-hydroxylation sites is 1. The van der Waals surface area contributed by atoms with Gasteiger partial charge in [0.05, 0.1) is 5.69 Å². The van der Waals surface area contributed by atoms with Crippen LogP contribution in [0.4, 0.5) is 10.6 Å². The van der Waals surface area contributed by atoms with E-state index in [9.17, 15) is 24.5 Å². The van der Waals surface area contributed by atoms with Gasteiger partial charge in [0.15, 0.2) is 18.0 Å². The summed E-state index contributed by atoms with van der Waals surface area (Å²) in [5.41, 5.74) is 4.71. The van der Waals surface area contributed by atoms with Crippen LogP contribution in [0.5, 0.6) is 5.75 Å². The molecule has 1 unspecified atom stereocenters. The molecule has 198 valence electrons. The normalized spacial score (nSPS) is 26.5. The topological polar surface area (TPSA) is 210 Å². The highest BCUT2D eigenvalue weighted by Crippen LogP contribution is 2.51. The Morgan fingerprint density at radius 1 is 1.34 bits per heavy atom. The highest BCUT2D eigenvalue weighted by Gasteiger charge is 2.65. The fraction of sp³-hybridized carbons (Fsp3) is 0.318. The maximum Gasteiger partial charge on any atom is 0.509 e. The fourth-order valence-corrected chi connectivity index (χ4v) is 5.68. The molecule has 2 fully saturated rings. The number of nitrogens with zero attached hydrogens (tertiary/aromatic N) is 4. The van der Waals surface area contributed by atoms with Crippen LogP contribution in [0.3, 0.4) is 0 Å². The van der Waals surface area contributed by atoms with Gasteiger partial charge in [-0.15, -0.1) is 0 Å². The molecular weight excluding hydrogens is 523 g/mol. The van der Waals surface area contributed by atoms with Crippen molar-refractivity contribution in [2.75, 3.05) is 12.3 Å². The summed E-state index contributed by atoms with van der Waals surface area (Å²) in [5, 5.41) is 26.0. The average Bonchev–Trinajstić information content (AvgIpc) is 3.57. The van der Waals surface area contributed by atoms with Crippen LogP contribution in [0.1, 0.15) is 18.7 Å². The van der Waals surface area contributed by atoms with Gasteiger partial charge >= 0.3 is 19.9 Å². The van der Waals surface area contributed by atoms with Gasteiger partial charge in [0.2, 0.25) is 5.60 Å². The van der Waals surface area contributed by atoms with E-state index in [2.05, 4.69) is 15.2 Å². The number of hydrogen-bond acceptors (Lipinski definition) is 12. The number of anilines is 1. The van der Waals surface area contributed by atoms with Crippen LogP contribution in [0.25, 0.3) is 5.52 Å². The fourth-order valence-electron chi connectivity index (χ4n) is 4.15. The zero-order valence-corrected chi connectivity index (χ0v) is 20.6. The Labute approximate surface area is 214 Å². The molecule has 38 heavy (non-hydrogen) atoms. The van der Waals surface area contributed by atoms with Gasteiger partial charge in [-0.25, -0.2) is 18.9 Å². The summed E-state index contributed by atoms with van der Waals surface area (Å²) in [6, 6.07) is 11.7. The molecule has 15 nitrogen and oxygen atoms in total. The quantitative estimate of drug-likeness (QED) is 0.259. The summed E-state index contributed by atoms with van der Waals surface area (Å²) in [6.45, 7) is 0.491. The van der Waals surface area contributed by atoms with Crippen LogP contribution >= 0.6 is 7.75 Å². The van der Waals surface area contributed by atoms with Crippen LogP contribution < -0.4 is 15.3 Å². The Morgan fingerprint density at radius 2 is 2.11 bits per heavy atom. The number of aliphatic carboxylic acids is 1. The van der Waals surface area contributed by atoms with E-state index in [0.717, 1.165) is 0 Å². The number of nitrogens with two attached hydrogens (primary N) is 1. The first-order chi connectivity index (χ1) is 18.1. The summed E-state index contributed by atoms with van der Waals surface area (Å²) < 4.78 is 42.7. The number of carbonyl (C=O) groups is 2. The van der Waals surface area contributed by atoms with Gasteiger partial charge in [-0.2, -0.15) is 15.4 Å². The lowest BCUT2D eigenvalue weighted by molar-refractivity contribution is -0.138. The number of ether oxygens (including phenoxy) is 3. The highest BCUT2D eigenvalue weighted by molar-refractivity contribution is 7.52. The van der Waals surface area contributed by atoms with Crippen LogP contribution in [0.15, 0.2) is 48.8 Å². The van der Waals surface area contributed by atoms with Crippen molar-refractivity contribution in [3.05, 3.63) is 54.5 Å². The summed E-state index contributed by atoms with van der Waals surface area (Å²) in [7, 11) is -4.42. The van der Waals surface area contributed by atoms with E-state index in [1.165, 1.54) is 29.9 Å². The first kappa shape index (κ1) is 25.4. The van der Waals surface area contributed by atoms with Crippen LogP contribution in [-0.4, -0.2) is 62.3 Å². The monoisotopic (exact) mass is 544 g/mol. The van der Waals surface area contributed by atoms with E-state index in [1.807, 2.05) is 6.07 Å². The lowest BCUT2D eigenvalue weighted by Gasteiger charge is -2.28. The molecule has 0 saturated carbocycles. The molecule has 0 aliphatic carbocycles. The minimum atomic E-state index is -4.42. The van der Waals surface area contributed by atoms with Crippen molar-refractivity contribution in [3.63, 3.8) is 0 Å². The summed E-state index contributed by atoms with van der Waals surface area (Å²) in [5.74, 6) is -1.02. The second kappa shape index (κ2) is 9.58. The number of carboxylic acid groups (broad SMARTS) is 1. The van der Waals surface area contributed by atoms with E-state index < -0.39 is 56.4 Å². The van der Waals surface area contributed by atoms with E-state index >= 15 is 0 Å².